The van der Waals surface area contributed by atoms with Crippen LogP contribution in [0.5, 0.6) is 0 Å². The maximum atomic E-state index is 13.1. The van der Waals surface area contributed by atoms with E-state index < -0.39 is 18.0 Å². The summed E-state index contributed by atoms with van der Waals surface area (Å²) < 4.78 is 11.9. The third-order valence-electron chi connectivity index (χ3n) is 6.15. The molecule has 1 saturated heterocycles. The van der Waals surface area contributed by atoms with Gasteiger partial charge in [0.05, 0.1) is 12.2 Å². The first-order valence-corrected chi connectivity index (χ1v) is 11.7. The van der Waals surface area contributed by atoms with E-state index in [1.54, 1.807) is 0 Å². The Morgan fingerprint density at radius 3 is 1.85 bits per heavy atom. The van der Waals surface area contributed by atoms with E-state index in [1.807, 2.05) is 66.7 Å². The lowest BCUT2D eigenvalue weighted by molar-refractivity contribution is -0.170. The normalized spacial score (nSPS) is 20.4. The number of ether oxygens (including phenoxy) is 2. The van der Waals surface area contributed by atoms with Crippen LogP contribution in [0.1, 0.15) is 36.0 Å². The second-order valence-corrected chi connectivity index (χ2v) is 8.59. The molecule has 1 aliphatic rings. The molecular formula is C29H30O4. The van der Waals surface area contributed by atoms with E-state index in [0.29, 0.717) is 6.42 Å². The lowest BCUT2D eigenvalue weighted by Gasteiger charge is -2.34. The van der Waals surface area contributed by atoms with Gasteiger partial charge in [-0.05, 0) is 42.4 Å². The molecule has 1 fully saturated rings. The Balaban J connectivity index is 1.42. The van der Waals surface area contributed by atoms with Gasteiger partial charge in [0.2, 0.25) is 0 Å². The molecule has 1 aliphatic heterocycles. The average molecular weight is 443 g/mol. The van der Waals surface area contributed by atoms with E-state index in [9.17, 15) is 9.59 Å². The van der Waals surface area contributed by atoms with Gasteiger partial charge in [-0.25, -0.2) is 0 Å². The molecule has 0 saturated carbocycles. The van der Waals surface area contributed by atoms with Crippen molar-refractivity contribution in [1.82, 2.24) is 0 Å². The highest BCUT2D eigenvalue weighted by atomic mass is 16.5. The number of Topliss-reactive ketones (excluding diaryl/α,β-unsaturated/α-hetero) is 1. The van der Waals surface area contributed by atoms with E-state index in [2.05, 4.69) is 24.3 Å². The summed E-state index contributed by atoms with van der Waals surface area (Å²) in [6.45, 7) is 0.159. The Morgan fingerprint density at radius 1 is 0.758 bits per heavy atom. The summed E-state index contributed by atoms with van der Waals surface area (Å²) >= 11 is 0. The summed E-state index contributed by atoms with van der Waals surface area (Å²) in [5, 5.41) is 0. The third-order valence-corrected chi connectivity index (χ3v) is 6.15. The Morgan fingerprint density at radius 2 is 1.27 bits per heavy atom. The molecule has 0 aromatic heterocycles. The highest BCUT2D eigenvalue weighted by Crippen LogP contribution is 2.29. The zero-order valence-electron chi connectivity index (χ0n) is 18.8. The molecule has 1 heterocycles. The zero-order chi connectivity index (χ0) is 22.9. The van der Waals surface area contributed by atoms with Crippen molar-refractivity contribution in [2.45, 2.75) is 50.9 Å². The molecule has 0 unspecified atom stereocenters. The van der Waals surface area contributed by atoms with Gasteiger partial charge in [0.1, 0.15) is 12.5 Å². The van der Waals surface area contributed by atoms with Crippen LogP contribution in [0.2, 0.25) is 0 Å². The summed E-state index contributed by atoms with van der Waals surface area (Å²) in [5.41, 5.74) is 3.28. The number of carbonyl (C=O) groups excluding carboxylic acids is 2. The van der Waals surface area contributed by atoms with Gasteiger partial charge in [-0.1, -0.05) is 91.0 Å². The molecule has 0 bridgehead atoms. The Labute approximate surface area is 195 Å². The van der Waals surface area contributed by atoms with Crippen molar-refractivity contribution in [3.63, 3.8) is 0 Å². The molecule has 0 N–H and O–H groups in total. The first-order chi connectivity index (χ1) is 16.2. The van der Waals surface area contributed by atoms with Gasteiger partial charge in [0.15, 0.2) is 5.78 Å². The second-order valence-electron chi connectivity index (χ2n) is 8.59. The number of esters is 1. The van der Waals surface area contributed by atoms with Gasteiger partial charge in [0.25, 0.3) is 0 Å². The maximum absolute atomic E-state index is 13.1. The Bertz CT molecular complexity index is 1020. The Kier molecular flexibility index (Phi) is 8.04. The quantitative estimate of drug-likeness (QED) is 0.332. The SMILES string of the molecule is O=C1C[C@H](CCc2ccccc2)O[C@H](CCc2ccccc2)[C@H]1C(=O)OCc1ccccc1. The molecule has 0 spiro atoms. The molecule has 3 atom stereocenters. The lowest BCUT2D eigenvalue weighted by atomic mass is 9.86. The van der Waals surface area contributed by atoms with Gasteiger partial charge >= 0.3 is 5.97 Å². The van der Waals surface area contributed by atoms with E-state index in [1.165, 1.54) is 5.56 Å². The molecule has 0 aliphatic carbocycles. The van der Waals surface area contributed by atoms with Crippen molar-refractivity contribution in [1.29, 1.82) is 0 Å². The average Bonchev–Trinajstić information content (AvgIpc) is 2.86. The molecule has 0 radical (unpaired) electrons. The van der Waals surface area contributed by atoms with Crippen LogP contribution in [0.15, 0.2) is 91.0 Å². The predicted octanol–water partition coefficient (Wildman–Crippen LogP) is 5.34. The first-order valence-electron chi connectivity index (χ1n) is 11.7. The van der Waals surface area contributed by atoms with Gasteiger partial charge in [-0.2, -0.15) is 0 Å². The van der Waals surface area contributed by atoms with Crippen LogP contribution >= 0.6 is 0 Å². The summed E-state index contributed by atoms with van der Waals surface area (Å²) in [6.07, 6.45) is 2.53. The van der Waals surface area contributed by atoms with Gasteiger partial charge in [0, 0.05) is 6.42 Å². The highest BCUT2D eigenvalue weighted by molar-refractivity contribution is 6.00. The van der Waals surface area contributed by atoms with Gasteiger partial charge < -0.3 is 9.47 Å². The predicted molar refractivity (Wildman–Crippen MR) is 128 cm³/mol. The maximum Gasteiger partial charge on any atom is 0.319 e. The van der Waals surface area contributed by atoms with Crippen molar-refractivity contribution in [2.75, 3.05) is 0 Å². The fourth-order valence-corrected chi connectivity index (χ4v) is 4.37. The summed E-state index contributed by atoms with van der Waals surface area (Å²) in [7, 11) is 0. The number of ketones is 1. The van der Waals surface area contributed by atoms with E-state index in [0.717, 1.165) is 30.4 Å². The standard InChI is InChI=1S/C29H30O4/c30-26-20-25(18-16-22-10-4-1-5-11-22)33-27(19-17-23-12-6-2-7-13-23)28(26)29(31)32-21-24-14-8-3-9-15-24/h1-15,25,27-28H,16-21H2/t25-,27+,28-/m0/s1. The smallest absolute Gasteiger partial charge is 0.319 e. The first kappa shape index (κ1) is 22.9. The largest absolute Gasteiger partial charge is 0.460 e. The zero-order valence-corrected chi connectivity index (χ0v) is 18.8. The minimum absolute atomic E-state index is 0.0737. The monoisotopic (exact) mass is 442 g/mol. The van der Waals surface area contributed by atoms with Crippen LogP contribution in [0.3, 0.4) is 0 Å². The fraction of sp³-hybridized carbons (Fsp3) is 0.310. The van der Waals surface area contributed by atoms with Crippen molar-refractivity contribution in [3.05, 3.63) is 108 Å². The topological polar surface area (TPSA) is 52.6 Å². The number of benzene rings is 3. The summed E-state index contributed by atoms with van der Waals surface area (Å²) in [6, 6.07) is 29.8. The molecular weight excluding hydrogens is 412 g/mol. The van der Waals surface area contributed by atoms with Crippen molar-refractivity contribution in [3.8, 4) is 0 Å². The highest BCUT2D eigenvalue weighted by Gasteiger charge is 2.42. The number of aryl methyl sites for hydroxylation is 2. The van der Waals surface area contributed by atoms with Crippen LogP contribution in [0.4, 0.5) is 0 Å². The van der Waals surface area contributed by atoms with E-state index >= 15 is 0 Å². The molecule has 3 aromatic carbocycles. The van der Waals surface area contributed by atoms with E-state index in [4.69, 9.17) is 9.47 Å². The molecule has 4 nitrogen and oxygen atoms in total. The van der Waals surface area contributed by atoms with Crippen LogP contribution in [0.25, 0.3) is 0 Å². The number of hydrogen-bond acceptors (Lipinski definition) is 4. The van der Waals surface area contributed by atoms with E-state index in [-0.39, 0.29) is 24.9 Å². The second kappa shape index (κ2) is 11.6. The summed E-state index contributed by atoms with van der Waals surface area (Å²) in [4.78, 5) is 26.1. The van der Waals surface area contributed by atoms with Gasteiger partial charge in [-0.3, -0.25) is 9.59 Å². The molecule has 4 rings (SSSR count). The van der Waals surface area contributed by atoms with Crippen LogP contribution in [-0.2, 0) is 38.5 Å². The van der Waals surface area contributed by atoms with Crippen LogP contribution in [0, 0.1) is 5.92 Å². The minimum Gasteiger partial charge on any atom is -0.460 e. The van der Waals surface area contributed by atoms with Crippen LogP contribution < -0.4 is 0 Å². The van der Waals surface area contributed by atoms with Crippen molar-refractivity contribution >= 4 is 11.8 Å². The molecule has 170 valence electrons. The summed E-state index contributed by atoms with van der Waals surface area (Å²) in [5.74, 6) is -1.43. The third kappa shape index (κ3) is 6.62. The number of hydrogen-bond donors (Lipinski definition) is 0. The molecule has 4 heteroatoms. The van der Waals surface area contributed by atoms with Gasteiger partial charge in [-0.15, -0.1) is 0 Å². The fourth-order valence-electron chi connectivity index (χ4n) is 4.37. The lowest BCUT2D eigenvalue weighted by Crippen LogP contribution is -2.46. The molecule has 0 amide bonds. The minimum atomic E-state index is -0.870. The van der Waals surface area contributed by atoms with Crippen molar-refractivity contribution in [2.24, 2.45) is 5.92 Å². The molecule has 3 aromatic rings. The molecule has 33 heavy (non-hydrogen) atoms. The van der Waals surface area contributed by atoms with Crippen LogP contribution in [-0.4, -0.2) is 24.0 Å². The Hall–Kier alpha value is -3.24. The van der Waals surface area contributed by atoms with Crippen molar-refractivity contribution < 1.29 is 19.1 Å². The number of rotatable bonds is 9. The number of carbonyl (C=O) groups is 2.